The van der Waals surface area contributed by atoms with Crippen LogP contribution in [0.1, 0.15) is 49.2 Å². The summed E-state index contributed by atoms with van der Waals surface area (Å²) in [7, 11) is 0. The molecule has 23 heavy (non-hydrogen) atoms. The Balaban J connectivity index is 2.06. The highest BCUT2D eigenvalue weighted by Crippen LogP contribution is 2.23. The van der Waals surface area contributed by atoms with Gasteiger partial charge >= 0.3 is 0 Å². The zero-order valence-electron chi connectivity index (χ0n) is 14.0. The molecule has 0 aliphatic rings. The van der Waals surface area contributed by atoms with Crippen molar-refractivity contribution in [2.24, 2.45) is 11.7 Å². The van der Waals surface area contributed by atoms with Gasteiger partial charge in [0.25, 0.3) is 0 Å². The van der Waals surface area contributed by atoms with E-state index in [4.69, 9.17) is 5.73 Å². The molecule has 0 aliphatic carbocycles. The number of pyridine rings is 1. The van der Waals surface area contributed by atoms with Crippen molar-refractivity contribution < 1.29 is 4.79 Å². The minimum Gasteiger partial charge on any atom is -0.347 e. The van der Waals surface area contributed by atoms with Gasteiger partial charge in [0.05, 0.1) is 11.7 Å². The van der Waals surface area contributed by atoms with E-state index in [-0.39, 0.29) is 30.3 Å². The van der Waals surface area contributed by atoms with E-state index in [0.29, 0.717) is 0 Å². The Kier molecular flexibility index (Phi) is 5.88. The van der Waals surface area contributed by atoms with Crippen molar-refractivity contribution >= 4 is 5.91 Å². The molecule has 1 aromatic heterocycles. The first kappa shape index (κ1) is 17.2. The number of nitrogens with one attached hydrogen (secondary N) is 1. The molecule has 2 rings (SSSR count). The number of carbonyl (C=O) groups is 1. The number of nitrogens with two attached hydrogens (primary N) is 1. The van der Waals surface area contributed by atoms with Gasteiger partial charge in [-0.05, 0) is 30.0 Å². The number of benzene rings is 1. The topological polar surface area (TPSA) is 68.0 Å². The zero-order valence-corrected chi connectivity index (χ0v) is 14.0. The molecule has 0 spiro atoms. The number of aromatic nitrogens is 1. The van der Waals surface area contributed by atoms with Crippen LogP contribution in [-0.2, 0) is 4.79 Å². The summed E-state index contributed by atoms with van der Waals surface area (Å²) in [6.07, 6.45) is 2.03. The van der Waals surface area contributed by atoms with Crippen LogP contribution in [0.2, 0.25) is 0 Å². The molecule has 1 heterocycles. The first-order valence-corrected chi connectivity index (χ1v) is 8.00. The monoisotopic (exact) mass is 311 g/mol. The summed E-state index contributed by atoms with van der Waals surface area (Å²) in [6.45, 7) is 6.17. The molecule has 2 atom stereocenters. The van der Waals surface area contributed by atoms with Crippen molar-refractivity contribution in [1.82, 2.24) is 10.3 Å². The van der Waals surface area contributed by atoms with Crippen LogP contribution in [0.4, 0.5) is 0 Å². The van der Waals surface area contributed by atoms with Crippen molar-refractivity contribution in [3.8, 4) is 0 Å². The molecule has 122 valence electrons. The largest absolute Gasteiger partial charge is 0.347 e. The van der Waals surface area contributed by atoms with E-state index in [1.165, 1.54) is 0 Å². The lowest BCUT2D eigenvalue weighted by molar-refractivity contribution is -0.122. The zero-order chi connectivity index (χ0) is 16.8. The second-order valence-electron chi connectivity index (χ2n) is 6.22. The van der Waals surface area contributed by atoms with Gasteiger partial charge < -0.3 is 11.1 Å². The van der Waals surface area contributed by atoms with Crippen LogP contribution in [0.25, 0.3) is 0 Å². The van der Waals surface area contributed by atoms with Crippen molar-refractivity contribution in [2.75, 3.05) is 0 Å². The van der Waals surface area contributed by atoms with Crippen LogP contribution in [0.5, 0.6) is 0 Å². The van der Waals surface area contributed by atoms with Gasteiger partial charge in [-0.15, -0.1) is 0 Å². The number of hydrogen-bond donors (Lipinski definition) is 2. The molecule has 3 N–H and O–H groups in total. The molecular weight excluding hydrogens is 286 g/mol. The molecule has 0 aliphatic heterocycles. The number of aryl methyl sites for hydroxylation is 1. The Morgan fingerprint density at radius 2 is 1.87 bits per heavy atom. The van der Waals surface area contributed by atoms with Crippen LogP contribution >= 0.6 is 0 Å². The van der Waals surface area contributed by atoms with Crippen molar-refractivity contribution in [2.45, 2.75) is 39.3 Å². The molecular formula is C19H25N3O. The van der Waals surface area contributed by atoms with E-state index in [1.807, 2.05) is 49.4 Å². The molecule has 2 unspecified atom stereocenters. The second kappa shape index (κ2) is 7.88. The fraction of sp³-hybridized carbons (Fsp3) is 0.368. The molecule has 2 aromatic rings. The van der Waals surface area contributed by atoms with Crippen LogP contribution < -0.4 is 11.1 Å². The lowest BCUT2D eigenvalue weighted by atomic mass is 9.96. The molecule has 0 bridgehead atoms. The fourth-order valence-corrected chi connectivity index (χ4v) is 2.62. The first-order valence-electron chi connectivity index (χ1n) is 8.00. The fourth-order valence-electron chi connectivity index (χ4n) is 2.62. The highest BCUT2D eigenvalue weighted by molar-refractivity contribution is 5.77. The van der Waals surface area contributed by atoms with Crippen molar-refractivity contribution in [3.63, 3.8) is 0 Å². The second-order valence-corrected chi connectivity index (χ2v) is 6.22. The number of rotatable bonds is 6. The first-order chi connectivity index (χ1) is 11.0. The normalized spacial score (nSPS) is 13.6. The SMILES string of the molecule is Cc1cccnc1C(NC(=O)CC(N)c1ccccc1)C(C)C. The van der Waals surface area contributed by atoms with E-state index >= 15 is 0 Å². The van der Waals surface area contributed by atoms with Gasteiger partial charge in [0, 0.05) is 18.7 Å². The standard InChI is InChI=1S/C19H25N3O/c1-13(2)18(19-14(3)8-7-11-21-19)22-17(23)12-16(20)15-9-5-4-6-10-15/h4-11,13,16,18H,12,20H2,1-3H3,(H,22,23). The maximum absolute atomic E-state index is 12.4. The number of carbonyl (C=O) groups excluding carboxylic acids is 1. The van der Waals surface area contributed by atoms with E-state index in [9.17, 15) is 4.79 Å². The predicted octanol–water partition coefficient (Wildman–Crippen LogP) is 3.29. The minimum absolute atomic E-state index is 0.0508. The maximum Gasteiger partial charge on any atom is 0.222 e. The van der Waals surface area contributed by atoms with Gasteiger partial charge in [-0.2, -0.15) is 0 Å². The molecule has 0 fully saturated rings. The third-order valence-electron chi connectivity index (χ3n) is 3.96. The Labute approximate surface area is 138 Å². The summed E-state index contributed by atoms with van der Waals surface area (Å²) >= 11 is 0. The minimum atomic E-state index is -0.297. The Hall–Kier alpha value is -2.20. The van der Waals surface area contributed by atoms with E-state index in [0.717, 1.165) is 16.8 Å². The van der Waals surface area contributed by atoms with Gasteiger partial charge in [-0.25, -0.2) is 0 Å². The summed E-state index contributed by atoms with van der Waals surface area (Å²) in [5, 5.41) is 3.09. The number of nitrogens with zero attached hydrogens (tertiary/aromatic N) is 1. The maximum atomic E-state index is 12.4. The third kappa shape index (κ3) is 4.63. The molecule has 4 nitrogen and oxygen atoms in total. The highest BCUT2D eigenvalue weighted by Gasteiger charge is 2.22. The van der Waals surface area contributed by atoms with E-state index in [1.54, 1.807) is 6.20 Å². The van der Waals surface area contributed by atoms with Gasteiger partial charge in [0.2, 0.25) is 5.91 Å². The Morgan fingerprint density at radius 1 is 1.17 bits per heavy atom. The van der Waals surface area contributed by atoms with E-state index in [2.05, 4.69) is 24.1 Å². The Bertz CT molecular complexity index is 640. The van der Waals surface area contributed by atoms with Gasteiger partial charge in [0.1, 0.15) is 0 Å². The van der Waals surface area contributed by atoms with Crippen molar-refractivity contribution in [1.29, 1.82) is 0 Å². The van der Waals surface area contributed by atoms with Crippen LogP contribution in [-0.4, -0.2) is 10.9 Å². The molecule has 0 saturated carbocycles. The molecule has 1 amide bonds. The predicted molar refractivity (Wildman–Crippen MR) is 92.7 cm³/mol. The number of hydrogen-bond acceptors (Lipinski definition) is 3. The summed E-state index contributed by atoms with van der Waals surface area (Å²) in [5.74, 6) is 0.200. The average molecular weight is 311 g/mol. The molecule has 4 heteroatoms. The third-order valence-corrected chi connectivity index (χ3v) is 3.96. The van der Waals surface area contributed by atoms with E-state index < -0.39 is 0 Å². The van der Waals surface area contributed by atoms with Gasteiger partial charge in [0.15, 0.2) is 0 Å². The molecule has 0 saturated heterocycles. The Morgan fingerprint density at radius 3 is 2.48 bits per heavy atom. The summed E-state index contributed by atoms with van der Waals surface area (Å²) < 4.78 is 0. The highest BCUT2D eigenvalue weighted by atomic mass is 16.1. The lowest BCUT2D eigenvalue weighted by Gasteiger charge is -2.24. The quantitative estimate of drug-likeness (QED) is 0.860. The molecule has 1 aromatic carbocycles. The van der Waals surface area contributed by atoms with Gasteiger partial charge in [-0.1, -0.05) is 50.2 Å². The summed E-state index contributed by atoms with van der Waals surface area (Å²) in [4.78, 5) is 16.9. The summed E-state index contributed by atoms with van der Waals surface area (Å²) in [6, 6.07) is 13.2. The van der Waals surface area contributed by atoms with Crippen LogP contribution in [0.3, 0.4) is 0 Å². The van der Waals surface area contributed by atoms with Gasteiger partial charge in [-0.3, -0.25) is 9.78 Å². The smallest absolute Gasteiger partial charge is 0.222 e. The average Bonchev–Trinajstić information content (AvgIpc) is 2.54. The lowest BCUT2D eigenvalue weighted by Crippen LogP contribution is -2.34. The van der Waals surface area contributed by atoms with Crippen LogP contribution in [0.15, 0.2) is 48.7 Å². The van der Waals surface area contributed by atoms with Crippen molar-refractivity contribution in [3.05, 3.63) is 65.5 Å². The molecule has 0 radical (unpaired) electrons. The summed E-state index contributed by atoms with van der Waals surface area (Å²) in [5.41, 5.74) is 9.11. The number of amides is 1. The van der Waals surface area contributed by atoms with Crippen LogP contribution in [0, 0.1) is 12.8 Å².